The molecule has 8 heteroatoms. The van der Waals surface area contributed by atoms with E-state index >= 15 is 0 Å². The summed E-state index contributed by atoms with van der Waals surface area (Å²) in [4.78, 5) is 21.7. The van der Waals surface area contributed by atoms with E-state index in [1.807, 2.05) is 0 Å². The minimum absolute atomic E-state index is 0.0217. The first-order chi connectivity index (χ1) is 9.43. The molecule has 0 saturated heterocycles. The summed E-state index contributed by atoms with van der Waals surface area (Å²) in [5.41, 5.74) is -0.297. The van der Waals surface area contributed by atoms with Crippen molar-refractivity contribution in [1.82, 2.24) is 0 Å². The standard InChI is InChI=1S/C12H11Cl2NO5/c1-2-19-12-9(16)5-11(12)20-10-4-7(14)6(13)3-8(10)15(17)18/h3-4,11-12H,2,5H2,1H3. The third-order valence-corrected chi connectivity index (χ3v) is 3.60. The summed E-state index contributed by atoms with van der Waals surface area (Å²) in [5.74, 6) is -0.105. The van der Waals surface area contributed by atoms with Crippen LogP contribution in [0.4, 0.5) is 5.69 Å². The van der Waals surface area contributed by atoms with Crippen LogP contribution in [0.25, 0.3) is 0 Å². The highest BCUT2D eigenvalue weighted by molar-refractivity contribution is 6.42. The molecule has 20 heavy (non-hydrogen) atoms. The summed E-state index contributed by atoms with van der Waals surface area (Å²) in [6, 6.07) is 2.39. The van der Waals surface area contributed by atoms with Gasteiger partial charge in [-0.3, -0.25) is 14.9 Å². The van der Waals surface area contributed by atoms with E-state index in [2.05, 4.69) is 0 Å². The van der Waals surface area contributed by atoms with Crippen LogP contribution in [0.3, 0.4) is 0 Å². The van der Waals surface area contributed by atoms with Gasteiger partial charge in [0.05, 0.1) is 15.0 Å². The van der Waals surface area contributed by atoms with Crippen LogP contribution < -0.4 is 4.74 Å². The van der Waals surface area contributed by atoms with Crippen LogP contribution in [0.2, 0.25) is 10.0 Å². The van der Waals surface area contributed by atoms with Gasteiger partial charge in [0.2, 0.25) is 0 Å². The molecule has 0 radical (unpaired) electrons. The van der Waals surface area contributed by atoms with E-state index < -0.39 is 17.1 Å². The molecule has 2 rings (SSSR count). The molecule has 1 aromatic rings. The number of benzene rings is 1. The van der Waals surface area contributed by atoms with Crippen molar-refractivity contribution in [2.45, 2.75) is 25.6 Å². The molecular formula is C12H11Cl2NO5. The molecule has 0 aliphatic heterocycles. The molecule has 0 aromatic heterocycles. The Morgan fingerprint density at radius 2 is 2.05 bits per heavy atom. The Balaban J connectivity index is 2.23. The van der Waals surface area contributed by atoms with Crippen molar-refractivity contribution in [3.05, 3.63) is 32.3 Å². The summed E-state index contributed by atoms with van der Waals surface area (Å²) < 4.78 is 10.7. The Morgan fingerprint density at radius 1 is 1.40 bits per heavy atom. The smallest absolute Gasteiger partial charge is 0.312 e. The lowest BCUT2D eigenvalue weighted by atomic mass is 9.90. The van der Waals surface area contributed by atoms with Crippen molar-refractivity contribution in [3.8, 4) is 5.75 Å². The van der Waals surface area contributed by atoms with Gasteiger partial charge in [0.25, 0.3) is 0 Å². The predicted molar refractivity (Wildman–Crippen MR) is 72.6 cm³/mol. The quantitative estimate of drug-likeness (QED) is 0.615. The summed E-state index contributed by atoms with van der Waals surface area (Å²) in [7, 11) is 0. The minimum Gasteiger partial charge on any atom is -0.480 e. The first-order valence-corrected chi connectivity index (χ1v) is 6.64. The topological polar surface area (TPSA) is 78.7 Å². The van der Waals surface area contributed by atoms with E-state index in [4.69, 9.17) is 32.7 Å². The van der Waals surface area contributed by atoms with Crippen LogP contribution in [0.1, 0.15) is 13.3 Å². The lowest BCUT2D eigenvalue weighted by molar-refractivity contribution is -0.386. The van der Waals surface area contributed by atoms with Gasteiger partial charge in [0, 0.05) is 25.2 Å². The molecule has 0 bridgehead atoms. The maximum absolute atomic E-state index is 11.4. The highest BCUT2D eigenvalue weighted by Crippen LogP contribution is 2.38. The van der Waals surface area contributed by atoms with Crippen LogP contribution >= 0.6 is 23.2 Å². The van der Waals surface area contributed by atoms with Crippen molar-refractivity contribution < 1.29 is 19.2 Å². The second-order valence-corrected chi connectivity index (χ2v) is 5.01. The number of nitro benzene ring substituents is 1. The molecule has 1 saturated carbocycles. The fourth-order valence-corrected chi connectivity index (χ4v) is 2.18. The lowest BCUT2D eigenvalue weighted by Gasteiger charge is -2.34. The van der Waals surface area contributed by atoms with Gasteiger partial charge in [-0.2, -0.15) is 0 Å². The zero-order valence-corrected chi connectivity index (χ0v) is 12.0. The molecule has 108 valence electrons. The minimum atomic E-state index is -0.686. The summed E-state index contributed by atoms with van der Waals surface area (Å²) in [6.45, 7) is 2.12. The third kappa shape index (κ3) is 2.87. The number of carbonyl (C=O) groups is 1. The summed E-state index contributed by atoms with van der Waals surface area (Å²) in [6.07, 6.45) is -1.07. The Bertz CT molecular complexity index is 563. The van der Waals surface area contributed by atoms with Crippen molar-refractivity contribution in [1.29, 1.82) is 0 Å². The summed E-state index contributed by atoms with van der Waals surface area (Å²) in [5, 5.41) is 11.2. The number of nitro groups is 1. The normalized spacial score (nSPS) is 21.4. The molecule has 1 fully saturated rings. The van der Waals surface area contributed by atoms with Gasteiger partial charge in [0.1, 0.15) is 6.10 Å². The van der Waals surface area contributed by atoms with E-state index in [1.54, 1.807) is 6.92 Å². The molecule has 1 aliphatic carbocycles. The van der Waals surface area contributed by atoms with Gasteiger partial charge in [-0.05, 0) is 6.92 Å². The van der Waals surface area contributed by atoms with Gasteiger partial charge in [-0.1, -0.05) is 23.2 Å². The average molecular weight is 320 g/mol. The highest BCUT2D eigenvalue weighted by Gasteiger charge is 2.43. The number of hydrogen-bond acceptors (Lipinski definition) is 5. The number of Topliss-reactive ketones (excluding diaryl/α,β-unsaturated/α-hetero) is 1. The maximum Gasteiger partial charge on any atom is 0.312 e. The molecule has 2 unspecified atom stereocenters. The van der Waals surface area contributed by atoms with Gasteiger partial charge in [-0.25, -0.2) is 0 Å². The fourth-order valence-electron chi connectivity index (χ4n) is 1.87. The van der Waals surface area contributed by atoms with E-state index in [1.165, 1.54) is 6.07 Å². The molecule has 0 heterocycles. The Labute approximate surface area is 124 Å². The first-order valence-electron chi connectivity index (χ1n) is 5.88. The zero-order chi connectivity index (χ0) is 14.9. The largest absolute Gasteiger partial charge is 0.480 e. The zero-order valence-electron chi connectivity index (χ0n) is 10.5. The Hall–Kier alpha value is -1.37. The van der Waals surface area contributed by atoms with E-state index in [-0.39, 0.29) is 33.7 Å². The average Bonchev–Trinajstić information content (AvgIpc) is 2.39. The number of halogens is 2. The molecule has 0 amide bonds. The number of carbonyl (C=O) groups excluding carboxylic acids is 1. The van der Waals surface area contributed by atoms with Crippen LogP contribution in [0.5, 0.6) is 5.75 Å². The van der Waals surface area contributed by atoms with Crippen molar-refractivity contribution >= 4 is 34.7 Å². The van der Waals surface area contributed by atoms with Gasteiger partial charge < -0.3 is 9.47 Å². The predicted octanol–water partition coefficient (Wildman–Crippen LogP) is 3.03. The number of nitrogens with zero attached hydrogens (tertiary/aromatic N) is 1. The molecule has 0 N–H and O–H groups in total. The maximum atomic E-state index is 11.4. The highest BCUT2D eigenvalue weighted by atomic mass is 35.5. The second kappa shape index (κ2) is 5.95. The Kier molecular flexibility index (Phi) is 4.47. The lowest BCUT2D eigenvalue weighted by Crippen LogP contribution is -2.52. The third-order valence-electron chi connectivity index (χ3n) is 2.88. The van der Waals surface area contributed by atoms with E-state index in [0.29, 0.717) is 6.61 Å². The molecule has 2 atom stereocenters. The molecule has 1 aliphatic rings. The molecular weight excluding hydrogens is 309 g/mol. The molecule has 0 spiro atoms. The summed E-state index contributed by atoms with van der Waals surface area (Å²) >= 11 is 11.6. The van der Waals surface area contributed by atoms with Crippen LogP contribution in [0, 0.1) is 10.1 Å². The number of rotatable bonds is 5. The number of ether oxygens (including phenoxy) is 2. The van der Waals surface area contributed by atoms with Crippen LogP contribution in [-0.2, 0) is 9.53 Å². The monoisotopic (exact) mass is 319 g/mol. The number of ketones is 1. The van der Waals surface area contributed by atoms with Crippen molar-refractivity contribution in [3.63, 3.8) is 0 Å². The molecule has 6 nitrogen and oxygen atoms in total. The van der Waals surface area contributed by atoms with Gasteiger partial charge in [-0.15, -0.1) is 0 Å². The van der Waals surface area contributed by atoms with Crippen molar-refractivity contribution in [2.24, 2.45) is 0 Å². The second-order valence-electron chi connectivity index (χ2n) is 4.19. The Morgan fingerprint density at radius 3 is 2.60 bits per heavy atom. The SMILES string of the molecule is CCOC1C(=O)CC1Oc1cc(Cl)c(Cl)cc1[N+](=O)[O-]. The van der Waals surface area contributed by atoms with Gasteiger partial charge >= 0.3 is 5.69 Å². The van der Waals surface area contributed by atoms with E-state index in [9.17, 15) is 14.9 Å². The van der Waals surface area contributed by atoms with Gasteiger partial charge in [0.15, 0.2) is 17.6 Å². The van der Waals surface area contributed by atoms with Crippen LogP contribution in [0.15, 0.2) is 12.1 Å². The van der Waals surface area contributed by atoms with E-state index in [0.717, 1.165) is 6.07 Å². The molecule has 1 aromatic carbocycles. The first kappa shape index (κ1) is 15.0. The number of hydrogen-bond donors (Lipinski definition) is 0. The van der Waals surface area contributed by atoms with Crippen LogP contribution in [-0.4, -0.2) is 29.5 Å². The van der Waals surface area contributed by atoms with Crippen molar-refractivity contribution in [2.75, 3.05) is 6.61 Å². The fraction of sp³-hybridized carbons (Fsp3) is 0.417.